The molecule has 0 spiro atoms. The van der Waals surface area contributed by atoms with E-state index in [4.69, 9.17) is 10.5 Å². The molecule has 2 rings (SSSR count). The second-order valence-electron chi connectivity index (χ2n) is 4.40. The molecule has 1 saturated carbocycles. The SMILES string of the molecule is COc1c(SC)cccc1C1(N)CCCC1. The summed E-state index contributed by atoms with van der Waals surface area (Å²) in [5, 5.41) is 0. The number of hydrogen-bond acceptors (Lipinski definition) is 3. The lowest BCUT2D eigenvalue weighted by Crippen LogP contribution is -2.33. The third kappa shape index (κ3) is 1.94. The first-order valence-electron chi connectivity index (χ1n) is 5.71. The lowest BCUT2D eigenvalue weighted by molar-refractivity contribution is 0.371. The second-order valence-corrected chi connectivity index (χ2v) is 5.25. The summed E-state index contributed by atoms with van der Waals surface area (Å²) < 4.78 is 5.54. The molecule has 2 nitrogen and oxygen atoms in total. The highest BCUT2D eigenvalue weighted by Gasteiger charge is 2.34. The molecular weight excluding hydrogens is 218 g/mol. The number of para-hydroxylation sites is 1. The van der Waals surface area contributed by atoms with E-state index in [9.17, 15) is 0 Å². The van der Waals surface area contributed by atoms with E-state index in [0.29, 0.717) is 0 Å². The van der Waals surface area contributed by atoms with Crippen LogP contribution in [0.5, 0.6) is 5.75 Å². The van der Waals surface area contributed by atoms with Crippen molar-refractivity contribution in [2.24, 2.45) is 5.73 Å². The molecule has 16 heavy (non-hydrogen) atoms. The minimum Gasteiger partial charge on any atom is -0.495 e. The van der Waals surface area contributed by atoms with Gasteiger partial charge in [-0.05, 0) is 25.2 Å². The maximum atomic E-state index is 6.49. The average Bonchev–Trinajstić information content (AvgIpc) is 2.76. The largest absolute Gasteiger partial charge is 0.495 e. The minimum atomic E-state index is -0.170. The molecule has 0 saturated heterocycles. The number of benzene rings is 1. The van der Waals surface area contributed by atoms with E-state index in [1.54, 1.807) is 18.9 Å². The summed E-state index contributed by atoms with van der Waals surface area (Å²) in [6.07, 6.45) is 6.66. The van der Waals surface area contributed by atoms with Gasteiger partial charge in [-0.2, -0.15) is 0 Å². The van der Waals surface area contributed by atoms with Gasteiger partial charge in [0.1, 0.15) is 5.75 Å². The number of nitrogens with two attached hydrogens (primary N) is 1. The Hall–Kier alpha value is -0.670. The Morgan fingerprint density at radius 3 is 2.56 bits per heavy atom. The molecule has 1 aromatic rings. The predicted molar refractivity (Wildman–Crippen MR) is 69.1 cm³/mol. The number of thioether (sulfide) groups is 1. The van der Waals surface area contributed by atoms with Crippen molar-refractivity contribution < 1.29 is 4.74 Å². The molecule has 3 heteroatoms. The van der Waals surface area contributed by atoms with Gasteiger partial charge < -0.3 is 10.5 Å². The second kappa shape index (κ2) is 4.68. The lowest BCUT2D eigenvalue weighted by atomic mass is 9.88. The van der Waals surface area contributed by atoms with E-state index < -0.39 is 0 Å². The molecule has 0 heterocycles. The molecule has 1 aromatic carbocycles. The normalized spacial score (nSPS) is 18.7. The highest BCUT2D eigenvalue weighted by atomic mass is 32.2. The first kappa shape index (κ1) is 11.8. The summed E-state index contributed by atoms with van der Waals surface area (Å²) in [7, 11) is 1.73. The molecule has 0 amide bonds. The van der Waals surface area contributed by atoms with Crippen molar-refractivity contribution in [1.29, 1.82) is 0 Å². The predicted octanol–water partition coefficient (Wildman–Crippen LogP) is 3.15. The standard InChI is InChI=1S/C13H19NOS/c1-15-12-10(6-5-7-11(12)16-2)13(14)8-3-4-9-13/h5-7H,3-4,8-9,14H2,1-2H3. The molecule has 0 aromatic heterocycles. The van der Waals surface area contributed by atoms with Crippen molar-refractivity contribution in [3.05, 3.63) is 23.8 Å². The van der Waals surface area contributed by atoms with Crippen LogP contribution in [0.15, 0.2) is 23.1 Å². The zero-order chi connectivity index (χ0) is 11.6. The Labute approximate surface area is 102 Å². The number of hydrogen-bond donors (Lipinski definition) is 1. The Bertz CT molecular complexity index is 372. The summed E-state index contributed by atoms with van der Waals surface area (Å²) >= 11 is 1.71. The molecule has 2 N–H and O–H groups in total. The highest BCUT2D eigenvalue weighted by Crippen LogP contribution is 2.43. The van der Waals surface area contributed by atoms with Crippen LogP contribution in [0, 0.1) is 0 Å². The van der Waals surface area contributed by atoms with Crippen LogP contribution in [0.3, 0.4) is 0 Å². The molecule has 0 atom stereocenters. The van der Waals surface area contributed by atoms with Crippen LogP contribution in [0.25, 0.3) is 0 Å². The van der Waals surface area contributed by atoms with Crippen LogP contribution in [0.2, 0.25) is 0 Å². The third-order valence-electron chi connectivity index (χ3n) is 3.44. The number of ether oxygens (including phenoxy) is 1. The Kier molecular flexibility index (Phi) is 3.45. The molecule has 1 aliphatic rings. The zero-order valence-corrected chi connectivity index (χ0v) is 10.8. The van der Waals surface area contributed by atoms with Crippen LogP contribution in [-0.2, 0) is 5.54 Å². The maximum Gasteiger partial charge on any atom is 0.137 e. The van der Waals surface area contributed by atoms with E-state index in [0.717, 1.165) is 18.6 Å². The summed E-state index contributed by atoms with van der Waals surface area (Å²) in [6.45, 7) is 0. The van der Waals surface area contributed by atoms with Crippen LogP contribution >= 0.6 is 11.8 Å². The topological polar surface area (TPSA) is 35.2 Å². The van der Waals surface area contributed by atoms with Crippen molar-refractivity contribution in [3.8, 4) is 5.75 Å². The van der Waals surface area contributed by atoms with Gasteiger partial charge in [0, 0.05) is 16.0 Å². The van der Waals surface area contributed by atoms with Crippen molar-refractivity contribution >= 4 is 11.8 Å². The van der Waals surface area contributed by atoms with E-state index in [2.05, 4.69) is 24.5 Å². The maximum absolute atomic E-state index is 6.49. The van der Waals surface area contributed by atoms with Crippen molar-refractivity contribution in [3.63, 3.8) is 0 Å². The quantitative estimate of drug-likeness (QED) is 0.820. The smallest absolute Gasteiger partial charge is 0.137 e. The van der Waals surface area contributed by atoms with Gasteiger partial charge in [0.2, 0.25) is 0 Å². The van der Waals surface area contributed by atoms with Crippen molar-refractivity contribution in [1.82, 2.24) is 0 Å². The van der Waals surface area contributed by atoms with Crippen LogP contribution < -0.4 is 10.5 Å². The summed E-state index contributed by atoms with van der Waals surface area (Å²) in [4.78, 5) is 1.18. The Morgan fingerprint density at radius 1 is 1.31 bits per heavy atom. The van der Waals surface area contributed by atoms with Crippen LogP contribution in [0.1, 0.15) is 31.2 Å². The lowest BCUT2D eigenvalue weighted by Gasteiger charge is -2.27. The van der Waals surface area contributed by atoms with Gasteiger partial charge >= 0.3 is 0 Å². The molecule has 88 valence electrons. The van der Waals surface area contributed by atoms with Crippen LogP contribution in [0.4, 0.5) is 0 Å². The first-order valence-corrected chi connectivity index (χ1v) is 6.94. The Balaban J connectivity index is 2.47. The van der Waals surface area contributed by atoms with E-state index >= 15 is 0 Å². The fraction of sp³-hybridized carbons (Fsp3) is 0.538. The molecular formula is C13H19NOS. The van der Waals surface area contributed by atoms with E-state index in [1.807, 2.05) is 0 Å². The average molecular weight is 237 g/mol. The molecule has 0 unspecified atom stereocenters. The highest BCUT2D eigenvalue weighted by molar-refractivity contribution is 7.98. The molecule has 0 radical (unpaired) electrons. The monoisotopic (exact) mass is 237 g/mol. The van der Waals surface area contributed by atoms with Crippen molar-refractivity contribution in [2.45, 2.75) is 36.1 Å². The summed E-state index contributed by atoms with van der Waals surface area (Å²) in [5.74, 6) is 0.972. The third-order valence-corrected chi connectivity index (χ3v) is 4.20. The van der Waals surface area contributed by atoms with Crippen LogP contribution in [-0.4, -0.2) is 13.4 Å². The van der Waals surface area contributed by atoms with E-state index in [1.165, 1.54) is 23.3 Å². The van der Waals surface area contributed by atoms with Gasteiger partial charge in [0.25, 0.3) is 0 Å². The Morgan fingerprint density at radius 2 is 2.00 bits per heavy atom. The molecule has 1 aliphatic carbocycles. The zero-order valence-electron chi connectivity index (χ0n) is 9.95. The van der Waals surface area contributed by atoms with E-state index in [-0.39, 0.29) is 5.54 Å². The van der Waals surface area contributed by atoms with Crippen molar-refractivity contribution in [2.75, 3.05) is 13.4 Å². The van der Waals surface area contributed by atoms with Gasteiger partial charge in [-0.15, -0.1) is 11.8 Å². The van der Waals surface area contributed by atoms with Gasteiger partial charge in [-0.25, -0.2) is 0 Å². The minimum absolute atomic E-state index is 0.170. The fourth-order valence-corrected chi connectivity index (χ4v) is 3.15. The molecule has 0 bridgehead atoms. The van der Waals surface area contributed by atoms with Gasteiger partial charge in [-0.3, -0.25) is 0 Å². The number of methoxy groups -OCH3 is 1. The summed E-state index contributed by atoms with van der Waals surface area (Å²) in [6, 6.07) is 6.28. The summed E-state index contributed by atoms with van der Waals surface area (Å²) in [5.41, 5.74) is 7.50. The van der Waals surface area contributed by atoms with Gasteiger partial charge in [0.05, 0.1) is 7.11 Å². The fourth-order valence-electron chi connectivity index (χ4n) is 2.55. The molecule has 1 fully saturated rings. The first-order chi connectivity index (χ1) is 7.71. The molecule has 0 aliphatic heterocycles. The van der Waals surface area contributed by atoms with Gasteiger partial charge in [-0.1, -0.05) is 25.0 Å². The number of rotatable bonds is 3. The van der Waals surface area contributed by atoms with Gasteiger partial charge in [0.15, 0.2) is 0 Å².